The largest absolute Gasteiger partial charge is 0.499 e. The summed E-state index contributed by atoms with van der Waals surface area (Å²) in [4.78, 5) is 26.3. The van der Waals surface area contributed by atoms with Crippen molar-refractivity contribution in [2.75, 3.05) is 26.4 Å². The van der Waals surface area contributed by atoms with Crippen LogP contribution in [-0.2, 0) is 29.5 Å². The van der Waals surface area contributed by atoms with E-state index in [1.54, 1.807) is 36.4 Å². The number of esters is 1. The number of hydrogen-bond acceptors (Lipinski definition) is 8. The molecule has 0 unspecified atom stereocenters. The standard InChI is InChI=1S/C33H33NO8/c35-17-16-34-31(37)25-21-28(40-32(38)24-13-11-23(12-14-24)15-19-39-20-18-36)30-29(22-25)41-33(42-30,26-7-3-1-4-8-26)27-9-5-2-6-10-27/h1-15,19,22,28-30,35-36H,16-18,20-21H2,(H,34,37)/t28-,29-,30+/m1/s1. The van der Waals surface area contributed by atoms with E-state index in [4.69, 9.17) is 24.1 Å². The Bertz CT molecular complexity index is 1370. The number of amides is 1. The van der Waals surface area contributed by atoms with Crippen LogP contribution in [-0.4, -0.2) is 66.8 Å². The first-order valence-corrected chi connectivity index (χ1v) is 13.8. The highest BCUT2D eigenvalue weighted by molar-refractivity contribution is 5.94. The molecule has 0 saturated carbocycles. The summed E-state index contributed by atoms with van der Waals surface area (Å²) < 4.78 is 24.5. The maximum atomic E-state index is 13.3. The Hall–Kier alpha value is -4.28. The second-order valence-corrected chi connectivity index (χ2v) is 9.85. The van der Waals surface area contributed by atoms with Crippen LogP contribution in [0.4, 0.5) is 0 Å². The molecule has 1 amide bonds. The summed E-state index contributed by atoms with van der Waals surface area (Å²) in [7, 11) is 0. The van der Waals surface area contributed by atoms with Crippen molar-refractivity contribution < 1.29 is 38.7 Å². The van der Waals surface area contributed by atoms with Crippen molar-refractivity contribution in [3.63, 3.8) is 0 Å². The number of ether oxygens (including phenoxy) is 4. The van der Waals surface area contributed by atoms with E-state index in [0.717, 1.165) is 16.7 Å². The molecule has 0 aromatic heterocycles. The van der Waals surface area contributed by atoms with Gasteiger partial charge in [0, 0.05) is 29.7 Å². The molecule has 1 fully saturated rings. The van der Waals surface area contributed by atoms with Gasteiger partial charge in [0.15, 0.2) is 0 Å². The van der Waals surface area contributed by atoms with E-state index < -0.39 is 30.1 Å². The highest BCUT2D eigenvalue weighted by Crippen LogP contribution is 2.47. The summed E-state index contributed by atoms with van der Waals surface area (Å²) in [5, 5.41) is 20.7. The second-order valence-electron chi connectivity index (χ2n) is 9.85. The van der Waals surface area contributed by atoms with Gasteiger partial charge in [-0.15, -0.1) is 0 Å². The molecule has 2 aliphatic rings. The van der Waals surface area contributed by atoms with Crippen LogP contribution in [0.1, 0.15) is 33.5 Å². The van der Waals surface area contributed by atoms with Crippen molar-refractivity contribution in [2.24, 2.45) is 0 Å². The molecule has 42 heavy (non-hydrogen) atoms. The highest BCUT2D eigenvalue weighted by Gasteiger charge is 2.54. The van der Waals surface area contributed by atoms with Gasteiger partial charge in [0.2, 0.25) is 11.7 Å². The van der Waals surface area contributed by atoms with Crippen molar-refractivity contribution in [1.82, 2.24) is 5.32 Å². The SMILES string of the molecule is O=C(NCCO)C1=C[C@H]2OC(c3ccccc3)(c3ccccc3)O[C@H]2[C@H](OC(=O)c2ccc(C=COCCO)cc2)C1. The van der Waals surface area contributed by atoms with Crippen LogP contribution in [0, 0.1) is 0 Å². The minimum atomic E-state index is -1.29. The molecule has 1 saturated heterocycles. The maximum Gasteiger partial charge on any atom is 0.338 e. The smallest absolute Gasteiger partial charge is 0.338 e. The average molecular weight is 572 g/mol. The molecule has 0 bridgehead atoms. The van der Waals surface area contributed by atoms with Crippen LogP contribution < -0.4 is 5.32 Å². The van der Waals surface area contributed by atoms with Crippen molar-refractivity contribution in [2.45, 2.75) is 30.5 Å². The molecule has 1 aliphatic heterocycles. The van der Waals surface area contributed by atoms with Crippen LogP contribution in [0.3, 0.4) is 0 Å². The lowest BCUT2D eigenvalue weighted by atomic mass is 9.91. The summed E-state index contributed by atoms with van der Waals surface area (Å²) in [6.45, 7) is 0.00802. The molecule has 218 valence electrons. The molecular formula is C33H33NO8. The van der Waals surface area contributed by atoms with Gasteiger partial charge in [0.25, 0.3) is 0 Å². The lowest BCUT2D eigenvalue weighted by molar-refractivity contribution is -0.157. The summed E-state index contributed by atoms with van der Waals surface area (Å²) >= 11 is 0. The van der Waals surface area contributed by atoms with E-state index in [1.807, 2.05) is 60.7 Å². The minimum absolute atomic E-state index is 0.0787. The predicted octanol–water partition coefficient (Wildman–Crippen LogP) is 3.32. The van der Waals surface area contributed by atoms with E-state index in [9.17, 15) is 14.7 Å². The molecular weight excluding hydrogens is 538 g/mol. The lowest BCUT2D eigenvalue weighted by Crippen LogP contribution is -2.43. The van der Waals surface area contributed by atoms with Gasteiger partial charge in [0.1, 0.15) is 24.9 Å². The summed E-state index contributed by atoms with van der Waals surface area (Å²) in [5.74, 6) is -2.23. The van der Waals surface area contributed by atoms with Crippen LogP contribution in [0.25, 0.3) is 6.08 Å². The van der Waals surface area contributed by atoms with E-state index >= 15 is 0 Å². The van der Waals surface area contributed by atoms with Crippen molar-refractivity contribution in [1.29, 1.82) is 0 Å². The third kappa shape index (κ3) is 6.45. The number of benzene rings is 3. The predicted molar refractivity (Wildman–Crippen MR) is 154 cm³/mol. The lowest BCUT2D eigenvalue weighted by Gasteiger charge is -2.31. The van der Waals surface area contributed by atoms with Gasteiger partial charge in [-0.1, -0.05) is 72.8 Å². The average Bonchev–Trinajstić information content (AvgIpc) is 3.44. The monoisotopic (exact) mass is 571 g/mol. The zero-order valence-corrected chi connectivity index (χ0v) is 22.9. The summed E-state index contributed by atoms with van der Waals surface area (Å²) in [5.41, 5.74) is 3.04. The summed E-state index contributed by atoms with van der Waals surface area (Å²) in [6, 6.07) is 25.8. The Balaban J connectivity index is 1.43. The molecule has 0 spiro atoms. The number of aliphatic hydroxyl groups excluding tert-OH is 2. The normalized spacial score (nSPS) is 20.9. The van der Waals surface area contributed by atoms with Gasteiger partial charge in [-0.2, -0.15) is 0 Å². The van der Waals surface area contributed by atoms with Gasteiger partial charge >= 0.3 is 5.97 Å². The Labute approximate surface area is 244 Å². The van der Waals surface area contributed by atoms with Crippen molar-refractivity contribution in [3.8, 4) is 0 Å². The quantitative estimate of drug-likeness (QED) is 0.182. The Morgan fingerprint density at radius 1 is 0.905 bits per heavy atom. The molecule has 0 radical (unpaired) electrons. The number of carbonyl (C=O) groups excluding carboxylic acids is 2. The molecule has 5 rings (SSSR count). The number of aliphatic hydroxyl groups is 2. The first-order chi connectivity index (χ1) is 20.5. The molecule has 3 aromatic rings. The molecule has 3 aromatic carbocycles. The topological polar surface area (TPSA) is 124 Å². The first kappa shape index (κ1) is 29.2. The van der Waals surface area contributed by atoms with E-state index in [-0.39, 0.29) is 38.7 Å². The first-order valence-electron chi connectivity index (χ1n) is 13.8. The van der Waals surface area contributed by atoms with E-state index in [0.29, 0.717) is 11.1 Å². The van der Waals surface area contributed by atoms with Gasteiger partial charge in [-0.3, -0.25) is 4.79 Å². The van der Waals surface area contributed by atoms with Gasteiger partial charge in [-0.05, 0) is 29.8 Å². The van der Waals surface area contributed by atoms with Crippen molar-refractivity contribution in [3.05, 3.63) is 125 Å². The zero-order chi connectivity index (χ0) is 29.4. The van der Waals surface area contributed by atoms with Gasteiger partial charge in [0.05, 0.1) is 25.0 Å². The van der Waals surface area contributed by atoms with Crippen LogP contribution >= 0.6 is 0 Å². The molecule has 1 aliphatic carbocycles. The fourth-order valence-electron chi connectivity index (χ4n) is 5.06. The van der Waals surface area contributed by atoms with E-state index in [2.05, 4.69) is 5.32 Å². The maximum absolute atomic E-state index is 13.3. The fraction of sp³-hybridized carbons (Fsp3) is 0.273. The molecule has 3 atom stereocenters. The third-order valence-electron chi connectivity index (χ3n) is 7.05. The molecule has 9 heteroatoms. The fourth-order valence-corrected chi connectivity index (χ4v) is 5.06. The van der Waals surface area contributed by atoms with Crippen molar-refractivity contribution >= 4 is 18.0 Å². The molecule has 1 heterocycles. The Morgan fingerprint density at radius 3 is 2.19 bits per heavy atom. The summed E-state index contributed by atoms with van der Waals surface area (Å²) in [6.07, 6.45) is 2.79. The third-order valence-corrected chi connectivity index (χ3v) is 7.05. The second kappa shape index (κ2) is 13.6. The number of rotatable bonds is 11. The number of hydrogen-bond donors (Lipinski definition) is 3. The Morgan fingerprint density at radius 2 is 1.57 bits per heavy atom. The zero-order valence-electron chi connectivity index (χ0n) is 22.9. The highest BCUT2D eigenvalue weighted by atomic mass is 16.8. The van der Waals surface area contributed by atoms with Crippen LogP contribution in [0.5, 0.6) is 0 Å². The number of fused-ring (bicyclic) bond motifs is 1. The number of carbonyl (C=O) groups is 2. The van der Waals surface area contributed by atoms with E-state index in [1.165, 1.54) is 6.26 Å². The van der Waals surface area contributed by atoms with Crippen LogP contribution in [0.2, 0.25) is 0 Å². The Kier molecular flexibility index (Phi) is 9.45. The minimum Gasteiger partial charge on any atom is -0.499 e. The number of nitrogens with one attached hydrogen (secondary N) is 1. The van der Waals surface area contributed by atoms with Gasteiger partial charge < -0.3 is 34.5 Å². The molecule has 3 N–H and O–H groups in total. The molecule has 9 nitrogen and oxygen atoms in total. The van der Waals surface area contributed by atoms with Gasteiger partial charge in [-0.25, -0.2) is 4.79 Å². The van der Waals surface area contributed by atoms with Crippen LogP contribution in [0.15, 0.2) is 103 Å².